The number of methoxy groups -OCH3 is 1. The number of nitrogens with two attached hydrogens (primary N) is 1. The molecule has 8 heteroatoms. The highest BCUT2D eigenvalue weighted by Crippen LogP contribution is 2.18. The molecule has 0 amide bonds. The number of hydrogen-bond acceptors (Lipinski definition) is 7. The number of anilines is 1. The summed E-state index contributed by atoms with van der Waals surface area (Å²) >= 11 is 0. The van der Waals surface area contributed by atoms with Crippen molar-refractivity contribution in [1.29, 1.82) is 0 Å². The van der Waals surface area contributed by atoms with Crippen LogP contribution in [0.5, 0.6) is 0 Å². The number of H-pyrrole nitrogens is 1. The Labute approximate surface area is 96.2 Å². The van der Waals surface area contributed by atoms with Gasteiger partial charge in [-0.05, 0) is 6.92 Å². The van der Waals surface area contributed by atoms with E-state index in [4.69, 9.17) is 5.73 Å². The Morgan fingerprint density at radius 3 is 2.76 bits per heavy atom. The second-order valence-electron chi connectivity index (χ2n) is 3.24. The molecule has 0 unspecified atom stereocenters. The zero-order valence-corrected chi connectivity index (χ0v) is 9.26. The second kappa shape index (κ2) is 4.16. The van der Waals surface area contributed by atoms with Gasteiger partial charge in [-0.15, -0.1) is 0 Å². The molecule has 0 atom stereocenters. The molecule has 2 aromatic heterocycles. The number of aromatic nitrogens is 5. The maximum atomic E-state index is 11.4. The lowest BCUT2D eigenvalue weighted by Gasteiger charge is -2.07. The first-order chi connectivity index (χ1) is 8.13. The molecular formula is C9H10N6O2. The molecule has 2 aromatic rings. The first-order valence-electron chi connectivity index (χ1n) is 4.72. The molecule has 0 radical (unpaired) electrons. The lowest BCUT2D eigenvalue weighted by molar-refractivity contribution is 0.0600. The van der Waals surface area contributed by atoms with Gasteiger partial charge in [0.1, 0.15) is 17.1 Å². The molecule has 0 spiro atoms. The van der Waals surface area contributed by atoms with Crippen LogP contribution < -0.4 is 5.73 Å². The molecule has 0 aromatic carbocycles. The van der Waals surface area contributed by atoms with Crippen LogP contribution in [0, 0.1) is 6.92 Å². The van der Waals surface area contributed by atoms with Crippen molar-refractivity contribution >= 4 is 11.8 Å². The molecule has 0 fully saturated rings. The molecular weight excluding hydrogens is 224 g/mol. The minimum atomic E-state index is -0.563. The third-order valence-corrected chi connectivity index (χ3v) is 2.15. The van der Waals surface area contributed by atoms with E-state index in [1.807, 2.05) is 0 Å². The van der Waals surface area contributed by atoms with E-state index in [0.29, 0.717) is 17.2 Å². The zero-order valence-electron chi connectivity index (χ0n) is 9.26. The van der Waals surface area contributed by atoms with Gasteiger partial charge in [0.25, 0.3) is 0 Å². The maximum Gasteiger partial charge on any atom is 0.343 e. The normalized spacial score (nSPS) is 10.2. The molecule has 2 heterocycles. The minimum absolute atomic E-state index is 0.0577. The number of ether oxygens (including phenoxy) is 1. The van der Waals surface area contributed by atoms with Crippen LogP contribution >= 0.6 is 0 Å². The SMILES string of the molecule is COC(=O)c1c(C)nc(-c2cn[nH]n2)nc1N. The number of nitrogen functional groups attached to an aromatic ring is 1. The van der Waals surface area contributed by atoms with Gasteiger partial charge in [0, 0.05) is 0 Å². The average molecular weight is 234 g/mol. The molecule has 8 nitrogen and oxygen atoms in total. The number of nitrogens with one attached hydrogen (secondary N) is 1. The first kappa shape index (κ1) is 11.0. The van der Waals surface area contributed by atoms with Crippen molar-refractivity contribution in [2.45, 2.75) is 6.92 Å². The van der Waals surface area contributed by atoms with Crippen LogP contribution in [0.3, 0.4) is 0 Å². The molecule has 2 rings (SSSR count). The quantitative estimate of drug-likeness (QED) is 0.698. The Morgan fingerprint density at radius 1 is 1.47 bits per heavy atom. The molecule has 0 bridgehead atoms. The fourth-order valence-corrected chi connectivity index (χ4v) is 1.37. The fourth-order valence-electron chi connectivity index (χ4n) is 1.37. The zero-order chi connectivity index (χ0) is 12.4. The highest BCUT2D eigenvalue weighted by Gasteiger charge is 2.18. The van der Waals surface area contributed by atoms with Crippen LogP contribution in [0.25, 0.3) is 11.5 Å². The van der Waals surface area contributed by atoms with Crippen molar-refractivity contribution in [3.63, 3.8) is 0 Å². The van der Waals surface area contributed by atoms with Crippen LogP contribution in [0.4, 0.5) is 5.82 Å². The summed E-state index contributed by atoms with van der Waals surface area (Å²) in [4.78, 5) is 19.6. The van der Waals surface area contributed by atoms with Crippen molar-refractivity contribution < 1.29 is 9.53 Å². The van der Waals surface area contributed by atoms with Gasteiger partial charge < -0.3 is 10.5 Å². The van der Waals surface area contributed by atoms with E-state index in [0.717, 1.165) is 0 Å². The first-order valence-corrected chi connectivity index (χ1v) is 4.72. The van der Waals surface area contributed by atoms with Gasteiger partial charge in [-0.3, -0.25) is 0 Å². The summed E-state index contributed by atoms with van der Waals surface area (Å²) in [5, 5.41) is 9.92. The standard InChI is InChI=1S/C9H10N6O2/c1-4-6(9(16)17-2)7(10)13-8(12-4)5-3-11-15-14-5/h3H,1-2H3,(H2,10,12,13)(H,11,14,15). The van der Waals surface area contributed by atoms with E-state index < -0.39 is 5.97 Å². The van der Waals surface area contributed by atoms with Gasteiger partial charge in [0.2, 0.25) is 0 Å². The molecule has 88 valence electrons. The Balaban J connectivity index is 2.53. The lowest BCUT2D eigenvalue weighted by atomic mass is 10.2. The maximum absolute atomic E-state index is 11.4. The molecule has 0 aliphatic heterocycles. The molecule has 0 aliphatic carbocycles. The number of nitrogens with zero attached hydrogens (tertiary/aromatic N) is 4. The summed E-state index contributed by atoms with van der Waals surface area (Å²) in [7, 11) is 1.27. The van der Waals surface area contributed by atoms with Gasteiger partial charge in [-0.2, -0.15) is 15.4 Å². The van der Waals surface area contributed by atoms with E-state index in [9.17, 15) is 4.79 Å². The average Bonchev–Trinajstić information content (AvgIpc) is 2.81. The number of hydrogen-bond donors (Lipinski definition) is 2. The monoisotopic (exact) mass is 234 g/mol. The van der Waals surface area contributed by atoms with Crippen LogP contribution in [0.15, 0.2) is 6.20 Å². The van der Waals surface area contributed by atoms with Crippen molar-refractivity contribution in [3.8, 4) is 11.5 Å². The number of aromatic amines is 1. The number of rotatable bonds is 2. The summed E-state index contributed by atoms with van der Waals surface area (Å²) in [5.74, 6) is -0.199. The molecule has 17 heavy (non-hydrogen) atoms. The summed E-state index contributed by atoms with van der Waals surface area (Å²) in [6, 6.07) is 0. The Kier molecular flexibility index (Phi) is 2.69. The van der Waals surface area contributed by atoms with Crippen LogP contribution in [-0.2, 0) is 4.74 Å². The summed E-state index contributed by atoms with van der Waals surface area (Å²) in [5.41, 5.74) is 6.75. The number of esters is 1. The molecule has 0 aliphatic rings. The molecule has 0 saturated heterocycles. The Hall–Kier alpha value is -2.51. The number of aryl methyl sites for hydroxylation is 1. The third-order valence-electron chi connectivity index (χ3n) is 2.15. The van der Waals surface area contributed by atoms with Gasteiger partial charge in [-0.25, -0.2) is 14.8 Å². The lowest BCUT2D eigenvalue weighted by Crippen LogP contribution is -2.12. The largest absolute Gasteiger partial charge is 0.465 e. The number of carbonyl (C=O) groups is 1. The third kappa shape index (κ3) is 1.92. The van der Waals surface area contributed by atoms with Gasteiger partial charge in [0.15, 0.2) is 5.82 Å². The Bertz CT molecular complexity index is 528. The van der Waals surface area contributed by atoms with E-state index in [1.54, 1.807) is 6.92 Å². The predicted octanol–water partition coefficient (Wildman–Crippen LogP) is -0.0611. The van der Waals surface area contributed by atoms with Crippen molar-refractivity contribution in [3.05, 3.63) is 17.5 Å². The highest BCUT2D eigenvalue weighted by molar-refractivity contribution is 5.95. The van der Waals surface area contributed by atoms with Crippen molar-refractivity contribution in [1.82, 2.24) is 25.4 Å². The summed E-state index contributed by atoms with van der Waals surface area (Å²) < 4.78 is 4.60. The molecule has 3 N–H and O–H groups in total. The van der Waals surface area contributed by atoms with Crippen molar-refractivity contribution in [2.24, 2.45) is 0 Å². The van der Waals surface area contributed by atoms with Gasteiger partial charge >= 0.3 is 5.97 Å². The van der Waals surface area contributed by atoms with Gasteiger partial charge in [-0.1, -0.05) is 0 Å². The van der Waals surface area contributed by atoms with E-state index >= 15 is 0 Å². The minimum Gasteiger partial charge on any atom is -0.465 e. The smallest absolute Gasteiger partial charge is 0.343 e. The van der Waals surface area contributed by atoms with E-state index in [2.05, 4.69) is 30.1 Å². The van der Waals surface area contributed by atoms with Crippen molar-refractivity contribution in [2.75, 3.05) is 12.8 Å². The second-order valence-corrected chi connectivity index (χ2v) is 3.24. The summed E-state index contributed by atoms with van der Waals surface area (Å²) in [6.45, 7) is 1.65. The topological polar surface area (TPSA) is 120 Å². The summed E-state index contributed by atoms with van der Waals surface area (Å²) in [6.07, 6.45) is 1.46. The number of carbonyl (C=O) groups excluding carboxylic acids is 1. The Morgan fingerprint density at radius 2 is 2.24 bits per heavy atom. The van der Waals surface area contributed by atoms with E-state index in [1.165, 1.54) is 13.3 Å². The highest BCUT2D eigenvalue weighted by atomic mass is 16.5. The van der Waals surface area contributed by atoms with Gasteiger partial charge in [0.05, 0.1) is 19.0 Å². The van der Waals surface area contributed by atoms with Crippen LogP contribution in [-0.4, -0.2) is 38.5 Å². The predicted molar refractivity (Wildman–Crippen MR) is 57.9 cm³/mol. The van der Waals surface area contributed by atoms with E-state index in [-0.39, 0.29) is 11.4 Å². The van der Waals surface area contributed by atoms with Crippen LogP contribution in [0.2, 0.25) is 0 Å². The fraction of sp³-hybridized carbons (Fsp3) is 0.222. The van der Waals surface area contributed by atoms with Crippen LogP contribution in [0.1, 0.15) is 16.1 Å². The molecule has 0 saturated carbocycles.